The first kappa shape index (κ1) is 19.7. The molecular weight excluding hydrogens is 357 g/mol. The van der Waals surface area contributed by atoms with Crippen LogP contribution in [0.2, 0.25) is 0 Å². The van der Waals surface area contributed by atoms with Crippen LogP contribution in [0, 0.1) is 0 Å². The van der Waals surface area contributed by atoms with Crippen LogP contribution in [0.4, 0.5) is 13.2 Å². The van der Waals surface area contributed by atoms with E-state index in [0.29, 0.717) is 38.9 Å². The number of rotatable bonds is 4. The maximum absolute atomic E-state index is 13.2. The monoisotopic (exact) mass is 382 g/mol. The number of benzene rings is 1. The Morgan fingerprint density at radius 3 is 2.48 bits per heavy atom. The Morgan fingerprint density at radius 1 is 1.15 bits per heavy atom. The Labute approximate surface area is 157 Å². The van der Waals surface area contributed by atoms with Gasteiger partial charge in [0.2, 0.25) is 11.8 Å². The molecule has 2 aliphatic rings. The van der Waals surface area contributed by atoms with E-state index in [1.54, 1.807) is 9.80 Å². The van der Waals surface area contributed by atoms with Gasteiger partial charge in [0, 0.05) is 19.6 Å². The molecule has 2 saturated heterocycles. The van der Waals surface area contributed by atoms with Gasteiger partial charge >= 0.3 is 6.18 Å². The molecular formula is C20H25F3N2O2. The molecule has 1 aromatic rings. The number of carbonyl (C=O) groups excluding carboxylic acids is 2. The quantitative estimate of drug-likeness (QED) is 0.798. The number of alkyl halides is 3. The molecule has 0 aromatic heterocycles. The van der Waals surface area contributed by atoms with E-state index in [9.17, 15) is 22.8 Å². The number of halogens is 3. The predicted octanol–water partition coefficient (Wildman–Crippen LogP) is 3.64. The van der Waals surface area contributed by atoms with Gasteiger partial charge < -0.3 is 9.80 Å². The van der Waals surface area contributed by atoms with Crippen molar-refractivity contribution in [3.63, 3.8) is 0 Å². The third kappa shape index (κ3) is 3.69. The zero-order chi connectivity index (χ0) is 19.7. The smallest absolute Gasteiger partial charge is 0.341 e. The van der Waals surface area contributed by atoms with Gasteiger partial charge in [-0.15, -0.1) is 0 Å². The van der Waals surface area contributed by atoms with Gasteiger partial charge in [-0.05, 0) is 43.7 Å². The number of hydrogen-bond acceptors (Lipinski definition) is 2. The molecule has 2 amide bonds. The maximum atomic E-state index is 13.2. The highest BCUT2D eigenvalue weighted by Crippen LogP contribution is 2.39. The van der Waals surface area contributed by atoms with E-state index < -0.39 is 23.2 Å². The summed E-state index contributed by atoms with van der Waals surface area (Å²) in [5.41, 5.74) is -1.68. The van der Waals surface area contributed by atoms with Gasteiger partial charge in [-0.3, -0.25) is 9.59 Å². The van der Waals surface area contributed by atoms with Crippen LogP contribution in [0.15, 0.2) is 24.3 Å². The molecule has 7 heteroatoms. The second-order valence-electron chi connectivity index (χ2n) is 7.41. The fourth-order valence-electron chi connectivity index (χ4n) is 4.48. The Balaban J connectivity index is 1.84. The van der Waals surface area contributed by atoms with Crippen LogP contribution < -0.4 is 0 Å². The van der Waals surface area contributed by atoms with Gasteiger partial charge in [0.1, 0.15) is 5.54 Å². The SMILES string of the molecule is CCCN1CCCC2(CCCN2C(=O)Cc2ccccc2C(F)(F)F)C1=O. The number of nitrogens with zero attached hydrogens (tertiary/aromatic N) is 2. The molecule has 0 radical (unpaired) electrons. The van der Waals surface area contributed by atoms with Crippen LogP contribution in [0.5, 0.6) is 0 Å². The molecule has 2 aliphatic heterocycles. The topological polar surface area (TPSA) is 40.6 Å². The molecule has 0 saturated carbocycles. The molecule has 0 bridgehead atoms. The molecule has 2 heterocycles. The molecule has 148 valence electrons. The zero-order valence-corrected chi connectivity index (χ0v) is 15.5. The number of amides is 2. The van der Waals surface area contributed by atoms with Crippen LogP contribution in [0.25, 0.3) is 0 Å². The number of piperidine rings is 1. The summed E-state index contributed by atoms with van der Waals surface area (Å²) in [5, 5.41) is 0. The highest BCUT2D eigenvalue weighted by atomic mass is 19.4. The van der Waals surface area contributed by atoms with E-state index >= 15 is 0 Å². The van der Waals surface area contributed by atoms with E-state index in [1.165, 1.54) is 18.2 Å². The first-order valence-electron chi connectivity index (χ1n) is 9.54. The largest absolute Gasteiger partial charge is 0.416 e. The van der Waals surface area contributed by atoms with Gasteiger partial charge in [-0.2, -0.15) is 13.2 Å². The van der Waals surface area contributed by atoms with Crippen LogP contribution in [0.3, 0.4) is 0 Å². The van der Waals surface area contributed by atoms with Crippen molar-refractivity contribution in [2.24, 2.45) is 0 Å². The van der Waals surface area contributed by atoms with Crippen molar-refractivity contribution in [3.05, 3.63) is 35.4 Å². The van der Waals surface area contributed by atoms with Gasteiger partial charge in [0.05, 0.1) is 12.0 Å². The summed E-state index contributed by atoms with van der Waals surface area (Å²) in [4.78, 5) is 29.4. The minimum absolute atomic E-state index is 0.0364. The van der Waals surface area contributed by atoms with Crippen molar-refractivity contribution >= 4 is 11.8 Å². The van der Waals surface area contributed by atoms with E-state index in [0.717, 1.165) is 18.9 Å². The lowest BCUT2D eigenvalue weighted by molar-refractivity contribution is -0.155. The average molecular weight is 382 g/mol. The second-order valence-corrected chi connectivity index (χ2v) is 7.41. The van der Waals surface area contributed by atoms with Crippen LogP contribution in [-0.2, 0) is 22.2 Å². The van der Waals surface area contributed by atoms with Crippen molar-refractivity contribution in [2.45, 2.75) is 57.2 Å². The number of likely N-dealkylation sites (tertiary alicyclic amines) is 2. The summed E-state index contributed by atoms with van der Waals surface area (Å²) >= 11 is 0. The van der Waals surface area contributed by atoms with E-state index in [2.05, 4.69) is 0 Å². The lowest BCUT2D eigenvalue weighted by Gasteiger charge is -2.44. The minimum Gasteiger partial charge on any atom is -0.341 e. The van der Waals surface area contributed by atoms with Gasteiger partial charge in [-0.1, -0.05) is 25.1 Å². The van der Waals surface area contributed by atoms with Crippen LogP contribution in [0.1, 0.15) is 50.2 Å². The van der Waals surface area contributed by atoms with E-state index in [1.807, 2.05) is 6.92 Å². The first-order valence-corrected chi connectivity index (χ1v) is 9.54. The third-order valence-electron chi connectivity index (χ3n) is 5.65. The Bertz CT molecular complexity index is 717. The van der Waals surface area contributed by atoms with Crippen molar-refractivity contribution in [3.8, 4) is 0 Å². The highest BCUT2D eigenvalue weighted by Gasteiger charge is 2.52. The summed E-state index contributed by atoms with van der Waals surface area (Å²) in [6.45, 7) is 3.77. The summed E-state index contributed by atoms with van der Waals surface area (Å²) < 4.78 is 39.7. The molecule has 1 atom stereocenters. The fraction of sp³-hybridized carbons (Fsp3) is 0.600. The molecule has 1 unspecified atom stereocenters. The van der Waals surface area contributed by atoms with Gasteiger partial charge in [0.15, 0.2) is 0 Å². The fourth-order valence-corrected chi connectivity index (χ4v) is 4.48. The van der Waals surface area contributed by atoms with E-state index in [-0.39, 0.29) is 17.9 Å². The summed E-state index contributed by atoms with van der Waals surface area (Å²) in [6.07, 6.45) is -1.28. The molecule has 4 nitrogen and oxygen atoms in total. The van der Waals surface area contributed by atoms with Gasteiger partial charge in [0.25, 0.3) is 0 Å². The molecule has 0 N–H and O–H groups in total. The van der Waals surface area contributed by atoms with Crippen LogP contribution in [-0.4, -0.2) is 46.8 Å². The summed E-state index contributed by atoms with van der Waals surface area (Å²) in [7, 11) is 0. The van der Waals surface area contributed by atoms with Crippen molar-refractivity contribution in [2.75, 3.05) is 19.6 Å². The first-order chi connectivity index (χ1) is 12.8. The molecule has 3 rings (SSSR count). The minimum atomic E-state index is -4.50. The molecule has 1 aromatic carbocycles. The highest BCUT2D eigenvalue weighted by molar-refractivity contribution is 5.93. The molecule has 27 heavy (non-hydrogen) atoms. The molecule has 0 aliphatic carbocycles. The Kier molecular flexibility index (Phi) is 5.49. The standard InChI is InChI=1S/C20H25F3N2O2/c1-2-11-24-12-5-9-19(18(24)27)10-6-13-25(19)17(26)14-15-7-3-4-8-16(15)20(21,22)23/h3-4,7-8H,2,5-6,9-14H2,1H3. The molecule has 2 fully saturated rings. The van der Waals surface area contributed by atoms with Crippen molar-refractivity contribution in [1.82, 2.24) is 9.80 Å². The lowest BCUT2D eigenvalue weighted by atomic mass is 9.85. The second kappa shape index (κ2) is 7.52. The Hall–Kier alpha value is -2.05. The van der Waals surface area contributed by atoms with Crippen LogP contribution >= 0.6 is 0 Å². The van der Waals surface area contributed by atoms with E-state index in [4.69, 9.17) is 0 Å². The number of hydrogen-bond donors (Lipinski definition) is 0. The lowest BCUT2D eigenvalue weighted by Crippen LogP contribution is -2.61. The number of carbonyl (C=O) groups is 2. The molecule has 1 spiro atoms. The average Bonchev–Trinajstić information content (AvgIpc) is 3.03. The maximum Gasteiger partial charge on any atom is 0.416 e. The predicted molar refractivity (Wildman–Crippen MR) is 94.9 cm³/mol. The zero-order valence-electron chi connectivity index (χ0n) is 15.5. The van der Waals surface area contributed by atoms with Crippen molar-refractivity contribution < 1.29 is 22.8 Å². The summed E-state index contributed by atoms with van der Waals surface area (Å²) in [6, 6.07) is 5.17. The van der Waals surface area contributed by atoms with Crippen molar-refractivity contribution in [1.29, 1.82) is 0 Å². The Morgan fingerprint density at radius 2 is 1.81 bits per heavy atom. The summed E-state index contributed by atoms with van der Waals surface area (Å²) in [5.74, 6) is -0.429. The normalized spacial score (nSPS) is 23.3. The third-order valence-corrected chi connectivity index (χ3v) is 5.65. The van der Waals surface area contributed by atoms with Gasteiger partial charge in [-0.25, -0.2) is 0 Å².